The first-order valence-corrected chi connectivity index (χ1v) is 6.97. The van der Waals surface area contributed by atoms with Crippen molar-refractivity contribution in [2.45, 2.75) is 26.3 Å². The van der Waals surface area contributed by atoms with E-state index in [-0.39, 0.29) is 22.9 Å². The van der Waals surface area contributed by atoms with Crippen LogP contribution < -0.4 is 5.73 Å². The molecule has 92 valence electrons. The minimum Gasteiger partial charge on any atom is -0.393 e. The standard InChI is InChI=1S/C12H16N2OS2/c1-7(11(13)16)12(15)14-5-3-10-9(8(14)2)4-6-17-10/h4,6-8H,3,5H2,1-2H3,(H2,13,16). The summed E-state index contributed by atoms with van der Waals surface area (Å²) >= 11 is 6.67. The number of nitrogens with zero attached hydrogens (tertiary/aromatic N) is 1. The van der Waals surface area contributed by atoms with Gasteiger partial charge in [-0.15, -0.1) is 11.3 Å². The van der Waals surface area contributed by atoms with Gasteiger partial charge in [-0.2, -0.15) is 0 Å². The zero-order valence-corrected chi connectivity index (χ0v) is 11.6. The van der Waals surface area contributed by atoms with Gasteiger partial charge in [0.15, 0.2) is 0 Å². The van der Waals surface area contributed by atoms with Gasteiger partial charge in [-0.3, -0.25) is 4.79 Å². The summed E-state index contributed by atoms with van der Waals surface area (Å²) in [7, 11) is 0. The van der Waals surface area contributed by atoms with E-state index in [9.17, 15) is 4.79 Å². The van der Waals surface area contributed by atoms with Crippen LogP contribution in [-0.2, 0) is 11.2 Å². The Hall–Kier alpha value is -0.940. The van der Waals surface area contributed by atoms with Gasteiger partial charge in [0.25, 0.3) is 0 Å². The van der Waals surface area contributed by atoms with Gasteiger partial charge in [0.05, 0.1) is 16.9 Å². The van der Waals surface area contributed by atoms with E-state index in [2.05, 4.69) is 18.4 Å². The molecule has 1 aliphatic heterocycles. The van der Waals surface area contributed by atoms with Crippen molar-refractivity contribution < 1.29 is 4.79 Å². The molecule has 17 heavy (non-hydrogen) atoms. The first-order valence-electron chi connectivity index (χ1n) is 5.68. The van der Waals surface area contributed by atoms with E-state index < -0.39 is 0 Å². The topological polar surface area (TPSA) is 46.3 Å². The van der Waals surface area contributed by atoms with E-state index in [1.54, 1.807) is 18.3 Å². The average molecular weight is 268 g/mol. The molecular weight excluding hydrogens is 252 g/mol. The predicted molar refractivity (Wildman–Crippen MR) is 74.1 cm³/mol. The monoisotopic (exact) mass is 268 g/mol. The number of thiophene rings is 1. The summed E-state index contributed by atoms with van der Waals surface area (Å²) in [5.74, 6) is -0.325. The Morgan fingerprint density at radius 2 is 2.41 bits per heavy atom. The van der Waals surface area contributed by atoms with Crippen LogP contribution in [-0.4, -0.2) is 22.3 Å². The number of nitrogens with two attached hydrogens (primary N) is 1. The minimum atomic E-state index is -0.368. The maximum Gasteiger partial charge on any atom is 0.232 e. The molecule has 0 bridgehead atoms. The quantitative estimate of drug-likeness (QED) is 0.836. The summed E-state index contributed by atoms with van der Waals surface area (Å²) in [6, 6.07) is 2.24. The van der Waals surface area contributed by atoms with Gasteiger partial charge in [-0.1, -0.05) is 12.2 Å². The Balaban J connectivity index is 2.20. The van der Waals surface area contributed by atoms with E-state index in [1.807, 2.05) is 4.90 Å². The van der Waals surface area contributed by atoms with Crippen molar-refractivity contribution >= 4 is 34.5 Å². The molecule has 1 aliphatic rings. The molecule has 2 heterocycles. The second kappa shape index (κ2) is 4.74. The van der Waals surface area contributed by atoms with Gasteiger partial charge in [-0.25, -0.2) is 0 Å². The number of carbonyl (C=O) groups is 1. The molecule has 1 amide bonds. The Bertz CT molecular complexity index is 455. The summed E-state index contributed by atoms with van der Waals surface area (Å²) in [6.07, 6.45) is 0.938. The molecule has 2 atom stereocenters. The van der Waals surface area contributed by atoms with Gasteiger partial charge in [0.1, 0.15) is 0 Å². The third-order valence-electron chi connectivity index (χ3n) is 3.36. The zero-order chi connectivity index (χ0) is 12.6. The number of fused-ring (bicyclic) bond motifs is 1. The normalized spacial score (nSPS) is 20.8. The molecule has 3 nitrogen and oxygen atoms in total. The van der Waals surface area contributed by atoms with Gasteiger partial charge >= 0.3 is 0 Å². The van der Waals surface area contributed by atoms with Gasteiger partial charge in [-0.05, 0) is 37.3 Å². The number of thiocarbonyl (C=S) groups is 1. The van der Waals surface area contributed by atoms with E-state index >= 15 is 0 Å². The Morgan fingerprint density at radius 1 is 1.71 bits per heavy atom. The minimum absolute atomic E-state index is 0.0434. The van der Waals surface area contributed by atoms with Crippen LogP contribution in [0.25, 0.3) is 0 Å². The van der Waals surface area contributed by atoms with Crippen LogP contribution in [0.5, 0.6) is 0 Å². The molecule has 0 radical (unpaired) electrons. The maximum absolute atomic E-state index is 12.2. The fourth-order valence-corrected chi connectivity index (χ4v) is 3.24. The molecule has 0 saturated heterocycles. The molecular formula is C12H16N2OS2. The highest BCUT2D eigenvalue weighted by molar-refractivity contribution is 7.80. The van der Waals surface area contributed by atoms with Crippen molar-refractivity contribution in [1.82, 2.24) is 4.90 Å². The fourth-order valence-electron chi connectivity index (χ4n) is 2.18. The van der Waals surface area contributed by atoms with Crippen LogP contribution in [0.15, 0.2) is 11.4 Å². The largest absolute Gasteiger partial charge is 0.393 e. The van der Waals surface area contributed by atoms with Gasteiger partial charge < -0.3 is 10.6 Å². The van der Waals surface area contributed by atoms with E-state index in [1.165, 1.54) is 10.4 Å². The maximum atomic E-state index is 12.2. The zero-order valence-electron chi connectivity index (χ0n) is 9.97. The molecule has 5 heteroatoms. The van der Waals surface area contributed by atoms with Crippen molar-refractivity contribution in [3.8, 4) is 0 Å². The Kier molecular flexibility index (Phi) is 3.49. The molecule has 2 unspecified atom stereocenters. The lowest BCUT2D eigenvalue weighted by molar-refractivity contribution is -0.135. The van der Waals surface area contributed by atoms with E-state index in [0.29, 0.717) is 0 Å². The van der Waals surface area contributed by atoms with Gasteiger partial charge in [0, 0.05) is 11.4 Å². The third-order valence-corrected chi connectivity index (χ3v) is 4.71. The first-order chi connectivity index (χ1) is 8.02. The predicted octanol–water partition coefficient (Wildman–Crippen LogP) is 2.12. The van der Waals surface area contributed by atoms with Crippen molar-refractivity contribution in [2.24, 2.45) is 11.7 Å². The summed E-state index contributed by atoms with van der Waals surface area (Å²) in [6.45, 7) is 4.61. The molecule has 0 aromatic carbocycles. The van der Waals surface area contributed by atoms with Crippen LogP contribution in [0.4, 0.5) is 0 Å². The van der Waals surface area contributed by atoms with Crippen molar-refractivity contribution in [3.05, 3.63) is 21.9 Å². The van der Waals surface area contributed by atoms with E-state index in [0.717, 1.165) is 13.0 Å². The number of carbonyl (C=O) groups excluding carboxylic acids is 1. The SMILES string of the molecule is CC(C(=O)N1CCc2sccc2C1C)C(N)=S. The van der Waals surface area contributed by atoms with E-state index in [4.69, 9.17) is 18.0 Å². The third kappa shape index (κ3) is 2.21. The van der Waals surface area contributed by atoms with Crippen molar-refractivity contribution in [1.29, 1.82) is 0 Å². The second-order valence-electron chi connectivity index (χ2n) is 4.38. The summed E-state index contributed by atoms with van der Waals surface area (Å²) in [5.41, 5.74) is 6.82. The molecule has 0 fully saturated rings. The Labute approximate surface area is 111 Å². The molecule has 1 aromatic heterocycles. The van der Waals surface area contributed by atoms with Crippen LogP contribution in [0.1, 0.15) is 30.3 Å². The highest BCUT2D eigenvalue weighted by atomic mass is 32.1. The van der Waals surface area contributed by atoms with Crippen molar-refractivity contribution in [3.63, 3.8) is 0 Å². The lowest BCUT2D eigenvalue weighted by Crippen LogP contribution is -2.44. The fraction of sp³-hybridized carbons (Fsp3) is 0.500. The molecule has 2 N–H and O–H groups in total. The number of rotatable bonds is 2. The highest BCUT2D eigenvalue weighted by Crippen LogP contribution is 2.33. The van der Waals surface area contributed by atoms with Crippen molar-refractivity contribution in [2.75, 3.05) is 6.54 Å². The smallest absolute Gasteiger partial charge is 0.232 e. The van der Waals surface area contributed by atoms with Gasteiger partial charge in [0.2, 0.25) is 5.91 Å². The van der Waals surface area contributed by atoms with Crippen LogP contribution >= 0.6 is 23.6 Å². The molecule has 0 saturated carbocycles. The summed E-state index contributed by atoms with van der Waals surface area (Å²) in [5, 5.41) is 2.09. The highest BCUT2D eigenvalue weighted by Gasteiger charge is 2.31. The molecule has 0 aliphatic carbocycles. The average Bonchev–Trinajstić information content (AvgIpc) is 2.76. The number of hydrogen-bond donors (Lipinski definition) is 1. The number of hydrogen-bond acceptors (Lipinski definition) is 3. The Morgan fingerprint density at radius 3 is 3.06 bits per heavy atom. The lowest BCUT2D eigenvalue weighted by Gasteiger charge is -2.35. The summed E-state index contributed by atoms with van der Waals surface area (Å²) < 4.78 is 0. The van der Waals surface area contributed by atoms with Crippen LogP contribution in [0.3, 0.4) is 0 Å². The first kappa shape index (κ1) is 12.5. The second-order valence-corrected chi connectivity index (χ2v) is 5.85. The molecule has 0 spiro atoms. The molecule has 2 rings (SSSR count). The number of amides is 1. The van der Waals surface area contributed by atoms with Crippen LogP contribution in [0, 0.1) is 5.92 Å². The van der Waals surface area contributed by atoms with Crippen LogP contribution in [0.2, 0.25) is 0 Å². The lowest BCUT2D eigenvalue weighted by atomic mass is 9.99. The summed E-state index contributed by atoms with van der Waals surface area (Å²) in [4.78, 5) is 15.8. The molecule has 1 aromatic rings.